The summed E-state index contributed by atoms with van der Waals surface area (Å²) in [5.74, 6) is 1.55. The number of methoxy groups -OCH3 is 1. The Morgan fingerprint density at radius 2 is 1.68 bits per heavy atom. The first-order valence-electron chi connectivity index (χ1n) is 10.1. The Hall–Kier alpha value is -1.23. The molecule has 5 heteroatoms. The minimum absolute atomic E-state index is 0.473. The van der Waals surface area contributed by atoms with Crippen molar-refractivity contribution in [2.75, 3.05) is 7.11 Å². The lowest BCUT2D eigenvalue weighted by molar-refractivity contribution is 0.279. The molecule has 1 N–H and O–H groups in total. The van der Waals surface area contributed by atoms with Gasteiger partial charge in [0.15, 0.2) is 11.5 Å². The van der Waals surface area contributed by atoms with Crippen LogP contribution in [-0.4, -0.2) is 13.2 Å². The van der Waals surface area contributed by atoms with E-state index in [1.165, 1.54) is 44.9 Å². The first kappa shape index (κ1) is 21.5. The predicted octanol–water partition coefficient (Wildman–Crippen LogP) is 6.89. The Labute approximate surface area is 181 Å². The molecule has 0 unspecified atom stereocenters. The summed E-state index contributed by atoms with van der Waals surface area (Å²) in [4.78, 5) is 0. The van der Waals surface area contributed by atoms with Crippen LogP contribution in [0, 0.1) is 0 Å². The summed E-state index contributed by atoms with van der Waals surface area (Å²) in [5, 5.41) is 4.49. The summed E-state index contributed by atoms with van der Waals surface area (Å²) in [6.45, 7) is 1.23. The third-order valence-electron chi connectivity index (χ3n) is 5.36. The Kier molecular flexibility index (Phi) is 8.50. The van der Waals surface area contributed by atoms with Crippen LogP contribution in [0.3, 0.4) is 0 Å². The number of hydrogen-bond donors (Lipinski definition) is 1. The van der Waals surface area contributed by atoms with Crippen LogP contribution in [0.25, 0.3) is 0 Å². The van der Waals surface area contributed by atoms with E-state index in [0.29, 0.717) is 12.6 Å². The Morgan fingerprint density at radius 3 is 2.36 bits per heavy atom. The molecular formula is C23H29BrClNO2. The van der Waals surface area contributed by atoms with Crippen molar-refractivity contribution in [1.82, 2.24) is 5.32 Å². The van der Waals surface area contributed by atoms with Crippen LogP contribution in [0.1, 0.15) is 56.1 Å². The van der Waals surface area contributed by atoms with Crippen LogP contribution in [0.15, 0.2) is 40.9 Å². The van der Waals surface area contributed by atoms with Crippen LogP contribution in [0.4, 0.5) is 0 Å². The van der Waals surface area contributed by atoms with Crippen molar-refractivity contribution in [2.24, 2.45) is 0 Å². The quantitative estimate of drug-likeness (QED) is 0.482. The number of benzene rings is 2. The molecule has 0 saturated heterocycles. The number of halogens is 2. The van der Waals surface area contributed by atoms with Crippen LogP contribution >= 0.6 is 27.5 Å². The average Bonchev–Trinajstić information content (AvgIpc) is 2.68. The number of nitrogens with one attached hydrogen (secondary N) is 1. The summed E-state index contributed by atoms with van der Waals surface area (Å²) in [7, 11) is 1.68. The highest BCUT2D eigenvalue weighted by Gasteiger charge is 2.17. The fourth-order valence-corrected chi connectivity index (χ4v) is 4.29. The molecule has 3 rings (SSSR count). The fourth-order valence-electron chi connectivity index (χ4n) is 3.71. The van der Waals surface area contributed by atoms with E-state index in [0.717, 1.165) is 38.7 Å². The van der Waals surface area contributed by atoms with Crippen molar-refractivity contribution in [3.05, 3.63) is 57.0 Å². The standard InChI is InChI=1S/C23H29BrClNO2/c1-27-22-14-13-21(24)20(15-26-19-7-5-3-2-4-6-8-19)23(22)28-16-17-9-11-18(25)12-10-17/h9-14,19,26H,2-8,15-16H2,1H3. The zero-order valence-corrected chi connectivity index (χ0v) is 18.8. The molecule has 0 aliphatic heterocycles. The second-order valence-corrected chi connectivity index (χ2v) is 8.69. The van der Waals surface area contributed by atoms with Gasteiger partial charge in [0, 0.05) is 27.6 Å². The van der Waals surface area contributed by atoms with Gasteiger partial charge in [0.25, 0.3) is 0 Å². The molecular weight excluding hydrogens is 438 g/mol. The SMILES string of the molecule is COc1ccc(Br)c(CNC2CCCCCCC2)c1OCc1ccc(Cl)cc1. The minimum Gasteiger partial charge on any atom is -0.493 e. The molecule has 1 aliphatic carbocycles. The third kappa shape index (κ3) is 6.13. The first-order chi connectivity index (χ1) is 13.7. The molecule has 0 radical (unpaired) electrons. The molecule has 28 heavy (non-hydrogen) atoms. The third-order valence-corrected chi connectivity index (χ3v) is 6.35. The summed E-state index contributed by atoms with van der Waals surface area (Å²) >= 11 is 9.69. The maximum absolute atomic E-state index is 6.21. The van der Waals surface area contributed by atoms with E-state index in [1.807, 2.05) is 36.4 Å². The molecule has 0 atom stereocenters. The van der Waals surface area contributed by atoms with Gasteiger partial charge in [-0.2, -0.15) is 0 Å². The maximum Gasteiger partial charge on any atom is 0.167 e. The maximum atomic E-state index is 6.21. The molecule has 0 aromatic heterocycles. The van der Waals surface area contributed by atoms with Gasteiger partial charge in [-0.1, -0.05) is 71.8 Å². The van der Waals surface area contributed by atoms with Gasteiger partial charge in [-0.05, 0) is 42.7 Å². The minimum atomic E-state index is 0.473. The highest BCUT2D eigenvalue weighted by atomic mass is 79.9. The van der Waals surface area contributed by atoms with Crippen LogP contribution in [-0.2, 0) is 13.2 Å². The van der Waals surface area contributed by atoms with Gasteiger partial charge in [-0.25, -0.2) is 0 Å². The van der Waals surface area contributed by atoms with Crippen LogP contribution < -0.4 is 14.8 Å². The van der Waals surface area contributed by atoms with Gasteiger partial charge >= 0.3 is 0 Å². The molecule has 0 amide bonds. The predicted molar refractivity (Wildman–Crippen MR) is 119 cm³/mol. The van der Waals surface area contributed by atoms with Gasteiger partial charge in [0.1, 0.15) is 6.61 Å². The van der Waals surface area contributed by atoms with E-state index in [2.05, 4.69) is 21.2 Å². The molecule has 2 aromatic rings. The Bertz CT molecular complexity index is 743. The van der Waals surface area contributed by atoms with Gasteiger partial charge < -0.3 is 14.8 Å². The second-order valence-electron chi connectivity index (χ2n) is 7.40. The zero-order valence-electron chi connectivity index (χ0n) is 16.5. The lowest BCUT2D eigenvalue weighted by atomic mass is 9.96. The van der Waals surface area contributed by atoms with Crippen LogP contribution in [0.5, 0.6) is 11.5 Å². The average molecular weight is 467 g/mol. The molecule has 1 aliphatic rings. The molecule has 0 heterocycles. The summed E-state index contributed by atoms with van der Waals surface area (Å²) in [6, 6.07) is 12.3. The number of rotatable bonds is 7. The second kappa shape index (κ2) is 11.1. The highest BCUT2D eigenvalue weighted by molar-refractivity contribution is 9.10. The zero-order chi connectivity index (χ0) is 19.8. The molecule has 1 saturated carbocycles. The molecule has 2 aromatic carbocycles. The van der Waals surface area contributed by atoms with E-state index in [-0.39, 0.29) is 0 Å². The van der Waals surface area contributed by atoms with Gasteiger partial charge in [0.2, 0.25) is 0 Å². The molecule has 0 spiro atoms. The van der Waals surface area contributed by atoms with E-state index in [9.17, 15) is 0 Å². The molecule has 3 nitrogen and oxygen atoms in total. The molecule has 1 fully saturated rings. The van der Waals surface area contributed by atoms with E-state index in [1.54, 1.807) is 7.11 Å². The summed E-state index contributed by atoms with van der Waals surface area (Å²) < 4.78 is 12.8. The summed E-state index contributed by atoms with van der Waals surface area (Å²) in [6.07, 6.45) is 9.24. The Morgan fingerprint density at radius 1 is 1.00 bits per heavy atom. The van der Waals surface area contributed by atoms with Crippen molar-refractivity contribution in [1.29, 1.82) is 0 Å². The van der Waals surface area contributed by atoms with Crippen molar-refractivity contribution >= 4 is 27.5 Å². The monoisotopic (exact) mass is 465 g/mol. The summed E-state index contributed by atoms with van der Waals surface area (Å²) in [5.41, 5.74) is 2.18. The fraction of sp³-hybridized carbons (Fsp3) is 0.478. The molecule has 152 valence electrons. The van der Waals surface area contributed by atoms with Crippen molar-refractivity contribution in [3.63, 3.8) is 0 Å². The van der Waals surface area contributed by atoms with Gasteiger partial charge in [0.05, 0.1) is 7.11 Å². The lowest BCUT2D eigenvalue weighted by Crippen LogP contribution is -2.29. The largest absolute Gasteiger partial charge is 0.493 e. The van der Waals surface area contributed by atoms with E-state index in [4.69, 9.17) is 21.1 Å². The van der Waals surface area contributed by atoms with Crippen molar-refractivity contribution in [2.45, 2.75) is 64.1 Å². The van der Waals surface area contributed by atoms with E-state index >= 15 is 0 Å². The Balaban J connectivity index is 1.72. The molecule has 0 bridgehead atoms. The lowest BCUT2D eigenvalue weighted by Gasteiger charge is -2.23. The first-order valence-corrected chi connectivity index (χ1v) is 11.3. The normalized spacial score (nSPS) is 15.7. The smallest absolute Gasteiger partial charge is 0.167 e. The highest BCUT2D eigenvalue weighted by Crippen LogP contribution is 2.37. The van der Waals surface area contributed by atoms with Gasteiger partial charge in [-0.3, -0.25) is 0 Å². The van der Waals surface area contributed by atoms with Gasteiger partial charge in [-0.15, -0.1) is 0 Å². The topological polar surface area (TPSA) is 30.5 Å². The van der Waals surface area contributed by atoms with E-state index < -0.39 is 0 Å². The van der Waals surface area contributed by atoms with Crippen molar-refractivity contribution < 1.29 is 9.47 Å². The number of ether oxygens (including phenoxy) is 2. The number of hydrogen-bond acceptors (Lipinski definition) is 3. The van der Waals surface area contributed by atoms with Crippen molar-refractivity contribution in [3.8, 4) is 11.5 Å². The van der Waals surface area contributed by atoms with Crippen LogP contribution in [0.2, 0.25) is 5.02 Å².